The third-order valence-corrected chi connectivity index (χ3v) is 2.43. The van der Waals surface area contributed by atoms with E-state index in [2.05, 4.69) is 15.3 Å². The van der Waals surface area contributed by atoms with E-state index in [9.17, 15) is 4.39 Å². The zero-order chi connectivity index (χ0) is 13.0. The van der Waals surface area contributed by atoms with Gasteiger partial charge in [-0.1, -0.05) is 12.1 Å². The van der Waals surface area contributed by atoms with E-state index in [0.29, 0.717) is 17.1 Å². The van der Waals surface area contributed by atoms with E-state index < -0.39 is 0 Å². The number of nitrogens with zero attached hydrogens (tertiary/aromatic N) is 2. The van der Waals surface area contributed by atoms with Crippen LogP contribution in [0.5, 0.6) is 5.75 Å². The largest absolute Gasteiger partial charge is 0.472 e. The van der Waals surface area contributed by atoms with Crippen molar-refractivity contribution in [3.8, 4) is 17.1 Å². The average molecular weight is 247 g/mol. The summed E-state index contributed by atoms with van der Waals surface area (Å²) in [5, 5.41) is 2.94. The Balaban J connectivity index is 2.17. The molecule has 0 aliphatic rings. The molecule has 1 aromatic carbocycles. The molecule has 0 radical (unpaired) electrons. The third kappa shape index (κ3) is 3.01. The molecule has 1 N–H and O–H groups in total. The molecule has 94 valence electrons. The smallest absolute Gasteiger partial charge is 0.159 e. The lowest BCUT2D eigenvalue weighted by atomic mass is 10.2. The van der Waals surface area contributed by atoms with E-state index >= 15 is 0 Å². The molecule has 18 heavy (non-hydrogen) atoms. The van der Waals surface area contributed by atoms with Gasteiger partial charge in [0.15, 0.2) is 11.6 Å². The van der Waals surface area contributed by atoms with Crippen LogP contribution < -0.4 is 10.1 Å². The van der Waals surface area contributed by atoms with Gasteiger partial charge in [0.1, 0.15) is 12.0 Å². The molecule has 4 nitrogen and oxygen atoms in total. The second-order valence-electron chi connectivity index (χ2n) is 3.80. The normalized spacial score (nSPS) is 12.2. The highest BCUT2D eigenvalue weighted by atomic mass is 19.1. The lowest BCUT2D eigenvalue weighted by molar-refractivity contribution is 0.192. The second-order valence-corrected chi connectivity index (χ2v) is 3.80. The quantitative estimate of drug-likeness (QED) is 0.842. The van der Waals surface area contributed by atoms with E-state index in [1.165, 1.54) is 12.1 Å². The Hall–Kier alpha value is -2.01. The predicted octanol–water partition coefficient (Wildman–Crippen LogP) is 2.23. The van der Waals surface area contributed by atoms with Crippen molar-refractivity contribution in [2.75, 3.05) is 7.05 Å². The highest BCUT2D eigenvalue weighted by Gasteiger charge is 2.05. The van der Waals surface area contributed by atoms with Crippen LogP contribution >= 0.6 is 0 Å². The van der Waals surface area contributed by atoms with E-state index in [4.69, 9.17) is 4.74 Å². The molecule has 2 aromatic rings. The van der Waals surface area contributed by atoms with Crippen molar-refractivity contribution < 1.29 is 9.13 Å². The summed E-state index contributed by atoms with van der Waals surface area (Å²) in [6.45, 7) is 1.88. The summed E-state index contributed by atoms with van der Waals surface area (Å²) in [6, 6.07) is 6.17. The highest BCUT2D eigenvalue weighted by Crippen LogP contribution is 2.17. The summed E-state index contributed by atoms with van der Waals surface area (Å²) in [4.78, 5) is 8.29. The van der Waals surface area contributed by atoms with E-state index in [1.54, 1.807) is 31.6 Å². The van der Waals surface area contributed by atoms with Crippen molar-refractivity contribution in [1.82, 2.24) is 15.3 Å². The molecule has 0 saturated carbocycles. The minimum absolute atomic E-state index is 0.117. The third-order valence-electron chi connectivity index (χ3n) is 2.43. The summed E-state index contributed by atoms with van der Waals surface area (Å²) in [5.74, 6) is 0.733. The minimum Gasteiger partial charge on any atom is -0.472 e. The molecule has 5 heteroatoms. The van der Waals surface area contributed by atoms with Crippen LogP contribution in [-0.2, 0) is 0 Å². The van der Waals surface area contributed by atoms with Crippen LogP contribution in [0.1, 0.15) is 6.92 Å². The number of halogens is 1. The van der Waals surface area contributed by atoms with Gasteiger partial charge in [-0.15, -0.1) is 0 Å². The summed E-state index contributed by atoms with van der Waals surface area (Å²) in [7, 11) is 1.80. The van der Waals surface area contributed by atoms with E-state index in [0.717, 1.165) is 0 Å². The molecular formula is C13H14FN3O. The van der Waals surface area contributed by atoms with E-state index in [1.807, 2.05) is 6.92 Å². The van der Waals surface area contributed by atoms with Crippen molar-refractivity contribution >= 4 is 0 Å². The first kappa shape index (κ1) is 12.4. The molecule has 1 aromatic heterocycles. The Kier molecular flexibility index (Phi) is 3.84. The van der Waals surface area contributed by atoms with Crippen molar-refractivity contribution in [2.24, 2.45) is 0 Å². The highest BCUT2D eigenvalue weighted by molar-refractivity contribution is 5.54. The first-order chi connectivity index (χ1) is 8.69. The lowest BCUT2D eigenvalue weighted by Gasteiger charge is -2.12. The fraction of sp³-hybridized carbons (Fsp3) is 0.231. The Morgan fingerprint density at radius 2 is 2.00 bits per heavy atom. The molecule has 0 aliphatic heterocycles. The maximum absolute atomic E-state index is 13.1. The first-order valence-electron chi connectivity index (χ1n) is 5.61. The Bertz CT molecular complexity index is 516. The number of hydrogen-bond acceptors (Lipinski definition) is 4. The van der Waals surface area contributed by atoms with Crippen LogP contribution in [0.3, 0.4) is 0 Å². The Morgan fingerprint density at radius 3 is 2.61 bits per heavy atom. The summed E-state index contributed by atoms with van der Waals surface area (Å²) in [6.07, 6.45) is 3.02. The summed E-state index contributed by atoms with van der Waals surface area (Å²) >= 11 is 0. The standard InChI is InChI=1S/C13H14FN3O/c1-9(15-2)18-12-7-16-13(17-8-12)10-4-3-5-11(14)6-10/h3-9,15H,1-2H3. The monoisotopic (exact) mass is 247 g/mol. The van der Waals surface area contributed by atoms with Gasteiger partial charge in [-0.05, 0) is 26.1 Å². The van der Waals surface area contributed by atoms with Crippen LogP contribution in [0, 0.1) is 5.82 Å². The van der Waals surface area contributed by atoms with Crippen molar-refractivity contribution in [2.45, 2.75) is 13.2 Å². The van der Waals surface area contributed by atoms with Gasteiger partial charge in [-0.25, -0.2) is 14.4 Å². The number of benzene rings is 1. The molecule has 0 amide bonds. The maximum Gasteiger partial charge on any atom is 0.159 e. The van der Waals surface area contributed by atoms with Crippen molar-refractivity contribution in [3.63, 3.8) is 0 Å². The first-order valence-corrected chi connectivity index (χ1v) is 5.61. The van der Waals surface area contributed by atoms with Gasteiger partial charge in [-0.3, -0.25) is 5.32 Å². The van der Waals surface area contributed by atoms with Crippen molar-refractivity contribution in [1.29, 1.82) is 0 Å². The second kappa shape index (κ2) is 5.55. The zero-order valence-corrected chi connectivity index (χ0v) is 10.2. The van der Waals surface area contributed by atoms with Crippen LogP contribution in [0.4, 0.5) is 4.39 Å². The summed E-state index contributed by atoms with van der Waals surface area (Å²) < 4.78 is 18.5. The fourth-order valence-electron chi connectivity index (χ4n) is 1.42. The zero-order valence-electron chi connectivity index (χ0n) is 10.2. The van der Waals surface area contributed by atoms with Gasteiger partial charge in [0.25, 0.3) is 0 Å². The number of rotatable bonds is 4. The molecule has 0 aliphatic carbocycles. The number of hydrogen-bond donors (Lipinski definition) is 1. The average Bonchev–Trinajstić information content (AvgIpc) is 2.39. The van der Waals surface area contributed by atoms with Gasteiger partial charge in [0, 0.05) is 5.56 Å². The van der Waals surface area contributed by atoms with Crippen molar-refractivity contribution in [3.05, 3.63) is 42.5 Å². The van der Waals surface area contributed by atoms with Crippen LogP contribution in [-0.4, -0.2) is 23.2 Å². The molecule has 0 saturated heterocycles. The van der Waals surface area contributed by atoms with Crippen LogP contribution in [0.25, 0.3) is 11.4 Å². The number of aromatic nitrogens is 2. The van der Waals surface area contributed by atoms with Crippen LogP contribution in [0.15, 0.2) is 36.7 Å². The molecule has 1 atom stereocenters. The van der Waals surface area contributed by atoms with E-state index in [-0.39, 0.29) is 12.0 Å². The molecule has 1 unspecified atom stereocenters. The Morgan fingerprint density at radius 1 is 1.28 bits per heavy atom. The molecular weight excluding hydrogens is 233 g/mol. The predicted molar refractivity (Wildman–Crippen MR) is 66.6 cm³/mol. The number of nitrogens with one attached hydrogen (secondary N) is 1. The molecule has 2 rings (SSSR count). The minimum atomic E-state index is -0.305. The SMILES string of the molecule is CNC(C)Oc1cnc(-c2cccc(F)c2)nc1. The Labute approximate surface area is 105 Å². The molecule has 0 bridgehead atoms. The van der Waals surface area contributed by atoms with Gasteiger partial charge >= 0.3 is 0 Å². The van der Waals surface area contributed by atoms with Crippen LogP contribution in [0.2, 0.25) is 0 Å². The molecule has 0 spiro atoms. The summed E-state index contributed by atoms with van der Waals surface area (Å²) in [5.41, 5.74) is 0.642. The topological polar surface area (TPSA) is 47.0 Å². The number of ether oxygens (including phenoxy) is 1. The van der Waals surface area contributed by atoms with Gasteiger partial charge in [-0.2, -0.15) is 0 Å². The molecule has 1 heterocycles. The lowest BCUT2D eigenvalue weighted by Crippen LogP contribution is -2.27. The molecule has 0 fully saturated rings. The maximum atomic E-state index is 13.1. The van der Waals surface area contributed by atoms with Gasteiger partial charge < -0.3 is 4.74 Å². The van der Waals surface area contributed by atoms with Gasteiger partial charge in [0.2, 0.25) is 0 Å². The fourth-order valence-corrected chi connectivity index (χ4v) is 1.42. The van der Waals surface area contributed by atoms with Gasteiger partial charge in [0.05, 0.1) is 12.4 Å².